The molecule has 2 aromatic rings. The van der Waals surface area contributed by atoms with Crippen molar-refractivity contribution in [2.24, 2.45) is 0 Å². The molecule has 0 amide bonds. The smallest absolute Gasteiger partial charge is 0.203 e. The van der Waals surface area contributed by atoms with Gasteiger partial charge in [0, 0.05) is 31.5 Å². The standard InChI is InChI=1S/C13H20N6/c1-2-7-19(11-4-3-5-14-9-11)12-13-17-16-10-18(13)8-6-15-12/h6,8,10-11,14H,2-5,7,9H2,1H3. The zero-order valence-electron chi connectivity index (χ0n) is 11.3. The molecular formula is C13H20N6. The molecule has 6 heteroatoms. The predicted octanol–water partition coefficient (Wildman–Crippen LogP) is 1.09. The van der Waals surface area contributed by atoms with Crippen molar-refractivity contribution in [1.82, 2.24) is 24.9 Å². The van der Waals surface area contributed by atoms with E-state index in [4.69, 9.17) is 0 Å². The number of piperidine rings is 1. The van der Waals surface area contributed by atoms with Gasteiger partial charge in [0.15, 0.2) is 5.82 Å². The van der Waals surface area contributed by atoms with Crippen LogP contribution in [-0.2, 0) is 0 Å². The number of aromatic nitrogens is 4. The summed E-state index contributed by atoms with van der Waals surface area (Å²) in [5, 5.41) is 11.7. The SMILES string of the molecule is CCCN(c1nccn2cnnc12)C1CCCNC1. The molecule has 1 N–H and O–H groups in total. The third-order valence-electron chi connectivity index (χ3n) is 3.65. The molecule has 6 nitrogen and oxygen atoms in total. The second-order valence-corrected chi connectivity index (χ2v) is 5.01. The summed E-state index contributed by atoms with van der Waals surface area (Å²) in [4.78, 5) is 6.93. The Hall–Kier alpha value is -1.69. The number of nitrogens with zero attached hydrogens (tertiary/aromatic N) is 5. The summed E-state index contributed by atoms with van der Waals surface area (Å²) in [6, 6.07) is 0.504. The minimum absolute atomic E-state index is 0.504. The van der Waals surface area contributed by atoms with E-state index in [0.717, 1.165) is 37.5 Å². The molecule has 102 valence electrons. The van der Waals surface area contributed by atoms with Crippen LogP contribution < -0.4 is 10.2 Å². The molecule has 1 aliphatic heterocycles. The Morgan fingerprint density at radius 1 is 1.53 bits per heavy atom. The van der Waals surface area contributed by atoms with Crippen LogP contribution in [0.15, 0.2) is 18.7 Å². The number of fused-ring (bicyclic) bond motifs is 1. The fraction of sp³-hybridized carbons (Fsp3) is 0.615. The Morgan fingerprint density at radius 2 is 2.47 bits per heavy atom. The third-order valence-corrected chi connectivity index (χ3v) is 3.65. The van der Waals surface area contributed by atoms with Crippen LogP contribution in [0.4, 0.5) is 5.82 Å². The number of rotatable bonds is 4. The molecule has 2 aromatic heterocycles. The highest BCUT2D eigenvalue weighted by Crippen LogP contribution is 2.22. The van der Waals surface area contributed by atoms with Gasteiger partial charge < -0.3 is 10.2 Å². The summed E-state index contributed by atoms with van der Waals surface area (Å²) in [5.74, 6) is 0.954. The highest BCUT2D eigenvalue weighted by atomic mass is 15.3. The maximum atomic E-state index is 4.55. The molecule has 0 aromatic carbocycles. The molecule has 3 heterocycles. The fourth-order valence-electron chi connectivity index (χ4n) is 2.75. The quantitative estimate of drug-likeness (QED) is 0.892. The average molecular weight is 260 g/mol. The Labute approximate surface area is 112 Å². The molecule has 0 bridgehead atoms. The molecule has 0 spiro atoms. The zero-order valence-corrected chi connectivity index (χ0v) is 11.3. The lowest BCUT2D eigenvalue weighted by Crippen LogP contribution is -2.47. The molecule has 0 radical (unpaired) electrons. The minimum atomic E-state index is 0.504. The van der Waals surface area contributed by atoms with Gasteiger partial charge in [-0.3, -0.25) is 4.40 Å². The first-order valence-electron chi connectivity index (χ1n) is 7.02. The van der Waals surface area contributed by atoms with Crippen LogP contribution in [0.5, 0.6) is 0 Å². The van der Waals surface area contributed by atoms with Crippen LogP contribution in [0.1, 0.15) is 26.2 Å². The Bertz CT molecular complexity index is 531. The number of anilines is 1. The molecule has 1 unspecified atom stereocenters. The van der Waals surface area contributed by atoms with Gasteiger partial charge in [0.1, 0.15) is 6.33 Å². The lowest BCUT2D eigenvalue weighted by atomic mass is 10.1. The van der Waals surface area contributed by atoms with E-state index < -0.39 is 0 Å². The lowest BCUT2D eigenvalue weighted by molar-refractivity contribution is 0.429. The van der Waals surface area contributed by atoms with Crippen LogP contribution in [-0.4, -0.2) is 45.3 Å². The molecule has 1 saturated heterocycles. The van der Waals surface area contributed by atoms with E-state index in [1.165, 1.54) is 12.8 Å². The highest BCUT2D eigenvalue weighted by molar-refractivity contribution is 5.63. The topological polar surface area (TPSA) is 58.4 Å². The van der Waals surface area contributed by atoms with E-state index in [9.17, 15) is 0 Å². The molecule has 0 saturated carbocycles. The normalized spacial score (nSPS) is 19.7. The monoisotopic (exact) mass is 260 g/mol. The number of hydrogen-bond donors (Lipinski definition) is 1. The van der Waals surface area contributed by atoms with E-state index in [1.807, 2.05) is 16.8 Å². The molecule has 1 atom stereocenters. The first kappa shape index (κ1) is 12.3. The largest absolute Gasteiger partial charge is 0.349 e. The molecule has 1 fully saturated rings. The van der Waals surface area contributed by atoms with Crippen molar-refractivity contribution < 1.29 is 0 Å². The van der Waals surface area contributed by atoms with Gasteiger partial charge in [-0.1, -0.05) is 6.92 Å². The molecule has 1 aliphatic rings. The average Bonchev–Trinajstić information content (AvgIpc) is 2.94. The first-order chi connectivity index (χ1) is 9.40. The van der Waals surface area contributed by atoms with E-state index >= 15 is 0 Å². The minimum Gasteiger partial charge on any atom is -0.349 e. The van der Waals surface area contributed by atoms with Crippen molar-refractivity contribution in [3.05, 3.63) is 18.7 Å². The van der Waals surface area contributed by atoms with Crippen molar-refractivity contribution in [3.8, 4) is 0 Å². The van der Waals surface area contributed by atoms with Crippen LogP contribution in [0.25, 0.3) is 5.65 Å². The van der Waals surface area contributed by atoms with Crippen LogP contribution in [0, 0.1) is 0 Å². The van der Waals surface area contributed by atoms with Gasteiger partial charge in [-0.05, 0) is 25.8 Å². The van der Waals surface area contributed by atoms with Gasteiger partial charge in [0.25, 0.3) is 0 Å². The van der Waals surface area contributed by atoms with Crippen molar-refractivity contribution in [2.75, 3.05) is 24.5 Å². The zero-order chi connectivity index (χ0) is 13.1. The van der Waals surface area contributed by atoms with Crippen molar-refractivity contribution in [1.29, 1.82) is 0 Å². The van der Waals surface area contributed by atoms with E-state index in [2.05, 4.69) is 32.3 Å². The van der Waals surface area contributed by atoms with Crippen LogP contribution >= 0.6 is 0 Å². The Morgan fingerprint density at radius 3 is 3.26 bits per heavy atom. The van der Waals surface area contributed by atoms with Gasteiger partial charge in [-0.2, -0.15) is 0 Å². The van der Waals surface area contributed by atoms with Crippen molar-refractivity contribution in [3.63, 3.8) is 0 Å². The Kier molecular flexibility index (Phi) is 3.59. The third kappa shape index (κ3) is 2.40. The van der Waals surface area contributed by atoms with E-state index in [-0.39, 0.29) is 0 Å². The van der Waals surface area contributed by atoms with Gasteiger partial charge >= 0.3 is 0 Å². The summed E-state index contributed by atoms with van der Waals surface area (Å²) in [6.45, 7) is 5.36. The summed E-state index contributed by atoms with van der Waals surface area (Å²) in [6.07, 6.45) is 8.98. The Balaban J connectivity index is 1.96. The van der Waals surface area contributed by atoms with Gasteiger partial charge in [0.2, 0.25) is 5.65 Å². The second-order valence-electron chi connectivity index (χ2n) is 5.01. The van der Waals surface area contributed by atoms with Gasteiger partial charge in [-0.25, -0.2) is 4.98 Å². The maximum Gasteiger partial charge on any atom is 0.203 e. The fourth-order valence-corrected chi connectivity index (χ4v) is 2.75. The van der Waals surface area contributed by atoms with Crippen molar-refractivity contribution in [2.45, 2.75) is 32.2 Å². The van der Waals surface area contributed by atoms with E-state index in [1.54, 1.807) is 6.33 Å². The molecule has 0 aliphatic carbocycles. The predicted molar refractivity (Wildman–Crippen MR) is 74.3 cm³/mol. The molecule has 19 heavy (non-hydrogen) atoms. The summed E-state index contributed by atoms with van der Waals surface area (Å²) in [5.41, 5.74) is 0.849. The van der Waals surface area contributed by atoms with E-state index in [0.29, 0.717) is 6.04 Å². The number of hydrogen-bond acceptors (Lipinski definition) is 5. The van der Waals surface area contributed by atoms with Gasteiger partial charge in [-0.15, -0.1) is 10.2 Å². The van der Waals surface area contributed by atoms with Crippen LogP contribution in [0.2, 0.25) is 0 Å². The maximum absolute atomic E-state index is 4.55. The lowest BCUT2D eigenvalue weighted by Gasteiger charge is -2.35. The van der Waals surface area contributed by atoms with Gasteiger partial charge in [0.05, 0.1) is 0 Å². The number of nitrogens with one attached hydrogen (secondary N) is 1. The van der Waals surface area contributed by atoms with Crippen molar-refractivity contribution >= 4 is 11.5 Å². The second kappa shape index (κ2) is 5.52. The highest BCUT2D eigenvalue weighted by Gasteiger charge is 2.23. The first-order valence-corrected chi connectivity index (χ1v) is 7.02. The van der Waals surface area contributed by atoms with Crippen LogP contribution in [0.3, 0.4) is 0 Å². The molecule has 3 rings (SSSR count). The summed E-state index contributed by atoms with van der Waals surface area (Å²) in [7, 11) is 0. The summed E-state index contributed by atoms with van der Waals surface area (Å²) >= 11 is 0. The molecular weight excluding hydrogens is 240 g/mol. The summed E-state index contributed by atoms with van der Waals surface area (Å²) < 4.78 is 1.93.